The Morgan fingerprint density at radius 2 is 1.95 bits per heavy atom. The van der Waals surface area contributed by atoms with Crippen LogP contribution in [-0.4, -0.2) is 29.2 Å². The Morgan fingerprint density at radius 1 is 1.32 bits per heavy atom. The standard InChI is InChI=1S/C13H11FN2O3/c1-8(17)16-7-12(18)15-11(13(16)19)6-9-2-4-10(14)5-3-9/h2-6H,7H2,1H3,(H,15,18). The van der Waals surface area contributed by atoms with Gasteiger partial charge in [-0.05, 0) is 23.8 Å². The molecule has 0 spiro atoms. The molecule has 1 aliphatic heterocycles. The van der Waals surface area contributed by atoms with Gasteiger partial charge in [0.25, 0.3) is 5.91 Å². The highest BCUT2D eigenvalue weighted by molar-refractivity contribution is 6.12. The molecule has 0 unspecified atom stereocenters. The van der Waals surface area contributed by atoms with Gasteiger partial charge in [-0.2, -0.15) is 0 Å². The number of carbonyl (C=O) groups excluding carboxylic acids is 3. The van der Waals surface area contributed by atoms with Crippen LogP contribution in [0.4, 0.5) is 4.39 Å². The lowest BCUT2D eigenvalue weighted by Gasteiger charge is -2.25. The second kappa shape index (κ2) is 5.01. The predicted molar refractivity (Wildman–Crippen MR) is 64.9 cm³/mol. The monoisotopic (exact) mass is 262 g/mol. The highest BCUT2D eigenvalue weighted by atomic mass is 19.1. The third-order valence-electron chi connectivity index (χ3n) is 2.61. The Hall–Kier alpha value is -2.50. The fourth-order valence-electron chi connectivity index (χ4n) is 1.68. The molecule has 3 amide bonds. The van der Waals surface area contributed by atoms with Crippen molar-refractivity contribution in [3.63, 3.8) is 0 Å². The molecule has 1 N–H and O–H groups in total. The smallest absolute Gasteiger partial charge is 0.277 e. The summed E-state index contributed by atoms with van der Waals surface area (Å²) in [6, 6.07) is 5.41. The van der Waals surface area contributed by atoms with Crippen molar-refractivity contribution < 1.29 is 18.8 Å². The molecule has 1 aromatic carbocycles. The minimum Gasteiger partial charge on any atom is -0.320 e. The molecule has 0 aliphatic carbocycles. The van der Waals surface area contributed by atoms with E-state index in [1.165, 1.54) is 37.3 Å². The largest absolute Gasteiger partial charge is 0.320 e. The molecule has 0 bridgehead atoms. The van der Waals surface area contributed by atoms with Crippen molar-refractivity contribution in [3.05, 3.63) is 41.3 Å². The average Bonchev–Trinajstić information content (AvgIpc) is 2.35. The normalized spacial score (nSPS) is 17.6. The summed E-state index contributed by atoms with van der Waals surface area (Å²) in [7, 11) is 0. The van der Waals surface area contributed by atoms with Crippen molar-refractivity contribution in [1.29, 1.82) is 0 Å². The van der Waals surface area contributed by atoms with Crippen LogP contribution in [0.3, 0.4) is 0 Å². The lowest BCUT2D eigenvalue weighted by atomic mass is 10.1. The van der Waals surface area contributed by atoms with Gasteiger partial charge < -0.3 is 5.32 Å². The zero-order chi connectivity index (χ0) is 14.0. The van der Waals surface area contributed by atoms with Gasteiger partial charge in [0.05, 0.1) is 0 Å². The Morgan fingerprint density at radius 3 is 2.53 bits per heavy atom. The fourth-order valence-corrected chi connectivity index (χ4v) is 1.68. The first-order chi connectivity index (χ1) is 8.97. The summed E-state index contributed by atoms with van der Waals surface area (Å²) in [6.45, 7) is 0.931. The first-order valence-corrected chi connectivity index (χ1v) is 5.57. The Balaban J connectivity index is 2.32. The maximum absolute atomic E-state index is 12.8. The van der Waals surface area contributed by atoms with Crippen molar-refractivity contribution in [3.8, 4) is 0 Å². The van der Waals surface area contributed by atoms with Gasteiger partial charge in [-0.3, -0.25) is 19.3 Å². The summed E-state index contributed by atoms with van der Waals surface area (Å²) in [6.07, 6.45) is 1.40. The number of piperazine rings is 1. The molecule has 2 rings (SSSR count). The van der Waals surface area contributed by atoms with E-state index in [1.54, 1.807) is 0 Å². The quantitative estimate of drug-likeness (QED) is 0.756. The molecule has 0 saturated carbocycles. The van der Waals surface area contributed by atoms with Gasteiger partial charge in [0.2, 0.25) is 11.8 Å². The molecule has 1 saturated heterocycles. The molecule has 98 valence electrons. The fraction of sp³-hybridized carbons (Fsp3) is 0.154. The van der Waals surface area contributed by atoms with Crippen LogP contribution in [-0.2, 0) is 14.4 Å². The number of halogens is 1. The minimum atomic E-state index is -0.573. The van der Waals surface area contributed by atoms with E-state index >= 15 is 0 Å². The van der Waals surface area contributed by atoms with Crippen LogP contribution < -0.4 is 5.32 Å². The number of rotatable bonds is 1. The summed E-state index contributed by atoms with van der Waals surface area (Å²) >= 11 is 0. The van der Waals surface area contributed by atoms with Crippen molar-refractivity contribution in [2.45, 2.75) is 6.92 Å². The van der Waals surface area contributed by atoms with Crippen LogP contribution in [0.1, 0.15) is 12.5 Å². The van der Waals surface area contributed by atoms with Crippen molar-refractivity contribution in [1.82, 2.24) is 10.2 Å². The Kier molecular flexibility index (Phi) is 3.41. The molecular formula is C13H11FN2O3. The van der Waals surface area contributed by atoms with Gasteiger partial charge in [0.15, 0.2) is 0 Å². The van der Waals surface area contributed by atoms with E-state index in [1.807, 2.05) is 0 Å². The molecule has 1 aromatic rings. The van der Waals surface area contributed by atoms with Crippen LogP contribution in [0.25, 0.3) is 6.08 Å². The number of hydrogen-bond donors (Lipinski definition) is 1. The summed E-state index contributed by atoms with van der Waals surface area (Å²) in [5, 5.41) is 2.40. The number of nitrogens with zero attached hydrogens (tertiary/aromatic N) is 1. The number of imide groups is 1. The molecule has 0 radical (unpaired) electrons. The molecule has 6 heteroatoms. The maximum atomic E-state index is 12.8. The minimum absolute atomic E-state index is 0.00180. The van der Waals surface area contributed by atoms with Gasteiger partial charge >= 0.3 is 0 Å². The topological polar surface area (TPSA) is 66.5 Å². The average molecular weight is 262 g/mol. The molecule has 0 aromatic heterocycles. The second-order valence-corrected chi connectivity index (χ2v) is 4.07. The lowest BCUT2D eigenvalue weighted by Crippen LogP contribution is -2.51. The van der Waals surface area contributed by atoms with Gasteiger partial charge in [-0.15, -0.1) is 0 Å². The first kappa shape index (κ1) is 12.9. The van der Waals surface area contributed by atoms with Gasteiger partial charge in [0, 0.05) is 6.92 Å². The molecular weight excluding hydrogens is 251 g/mol. The second-order valence-electron chi connectivity index (χ2n) is 4.07. The van der Waals surface area contributed by atoms with Crippen molar-refractivity contribution >= 4 is 23.8 Å². The molecule has 1 heterocycles. The third kappa shape index (κ3) is 2.85. The molecule has 0 atom stereocenters. The highest BCUT2D eigenvalue weighted by Crippen LogP contribution is 2.12. The van der Waals surface area contributed by atoms with Crippen LogP contribution >= 0.6 is 0 Å². The van der Waals surface area contributed by atoms with Gasteiger partial charge in [-0.25, -0.2) is 4.39 Å². The summed E-state index contributed by atoms with van der Waals surface area (Å²) < 4.78 is 12.8. The Labute approximate surface area is 108 Å². The molecule has 1 fully saturated rings. The predicted octanol–water partition coefficient (Wildman–Crippen LogP) is 0.671. The van der Waals surface area contributed by atoms with E-state index in [9.17, 15) is 18.8 Å². The summed E-state index contributed by atoms with van der Waals surface area (Å²) in [5.74, 6) is -1.91. The Bertz CT molecular complexity index is 578. The van der Waals surface area contributed by atoms with E-state index in [2.05, 4.69) is 5.32 Å². The van der Waals surface area contributed by atoms with Crippen molar-refractivity contribution in [2.75, 3.05) is 6.54 Å². The zero-order valence-corrected chi connectivity index (χ0v) is 10.1. The van der Waals surface area contributed by atoms with Gasteiger partial charge in [-0.1, -0.05) is 12.1 Å². The van der Waals surface area contributed by atoms with E-state index in [0.29, 0.717) is 5.56 Å². The SMILES string of the molecule is CC(=O)N1CC(=O)NC(=Cc2ccc(F)cc2)C1=O. The molecule has 5 nitrogen and oxygen atoms in total. The number of hydrogen-bond acceptors (Lipinski definition) is 3. The number of benzene rings is 1. The van der Waals surface area contributed by atoms with Crippen LogP contribution in [0.2, 0.25) is 0 Å². The van der Waals surface area contributed by atoms with Crippen LogP contribution in [0.15, 0.2) is 30.0 Å². The lowest BCUT2D eigenvalue weighted by molar-refractivity contribution is -0.147. The zero-order valence-electron chi connectivity index (χ0n) is 10.1. The van der Waals surface area contributed by atoms with Crippen LogP contribution in [0, 0.1) is 5.82 Å². The first-order valence-electron chi connectivity index (χ1n) is 5.57. The highest BCUT2D eigenvalue weighted by Gasteiger charge is 2.30. The van der Waals surface area contributed by atoms with E-state index < -0.39 is 23.5 Å². The number of carbonyl (C=O) groups is 3. The van der Waals surface area contributed by atoms with Gasteiger partial charge in [0.1, 0.15) is 18.1 Å². The molecule has 1 aliphatic rings. The maximum Gasteiger partial charge on any atom is 0.277 e. The number of amides is 3. The van der Waals surface area contributed by atoms with E-state index in [4.69, 9.17) is 0 Å². The number of nitrogens with one attached hydrogen (secondary N) is 1. The third-order valence-corrected chi connectivity index (χ3v) is 2.61. The van der Waals surface area contributed by atoms with Crippen molar-refractivity contribution in [2.24, 2.45) is 0 Å². The van der Waals surface area contributed by atoms with E-state index in [-0.39, 0.29) is 12.2 Å². The van der Waals surface area contributed by atoms with Crippen LogP contribution in [0.5, 0.6) is 0 Å². The summed E-state index contributed by atoms with van der Waals surface area (Å²) in [4.78, 5) is 35.5. The molecule has 19 heavy (non-hydrogen) atoms. The summed E-state index contributed by atoms with van der Waals surface area (Å²) in [5.41, 5.74) is 0.550. The van der Waals surface area contributed by atoms with E-state index in [0.717, 1.165) is 4.90 Å².